The number of rotatable bonds is 5. The van der Waals surface area contributed by atoms with Crippen molar-refractivity contribution in [3.8, 4) is 0 Å². The van der Waals surface area contributed by atoms with Gasteiger partial charge < -0.3 is 14.6 Å². The highest BCUT2D eigenvalue weighted by atomic mass is 32.2. The minimum atomic E-state index is -3.83. The molecular formula is C18H29N3O6S. The molecule has 0 spiro atoms. The number of hydrogen-bond acceptors (Lipinski definition) is 7. The number of esters is 1. The number of nitrogens with one attached hydrogen (secondary N) is 1. The quantitative estimate of drug-likeness (QED) is 0.725. The standard InChI is InChI=1S/C18H29N3O6S/c1-11-15(12(2)27-20-11)28(24,25)21-9-7-8-14(10-21)17(23)26-13(3)16(22)19-18(4,5)6/h13-14H,7-10H2,1-6H3,(H,19,22). The van der Waals surface area contributed by atoms with E-state index in [2.05, 4.69) is 10.5 Å². The molecule has 1 saturated heterocycles. The monoisotopic (exact) mass is 415 g/mol. The Morgan fingerprint density at radius 1 is 1.32 bits per heavy atom. The van der Waals surface area contributed by atoms with E-state index in [4.69, 9.17) is 9.26 Å². The molecule has 1 aromatic rings. The molecule has 2 unspecified atom stereocenters. The third-order valence-electron chi connectivity index (χ3n) is 4.44. The molecule has 1 aromatic heterocycles. The number of sulfonamides is 1. The molecule has 2 heterocycles. The number of hydrogen-bond donors (Lipinski definition) is 1. The zero-order valence-corrected chi connectivity index (χ0v) is 18.1. The molecule has 9 nitrogen and oxygen atoms in total. The van der Waals surface area contributed by atoms with Crippen LogP contribution < -0.4 is 5.32 Å². The van der Waals surface area contributed by atoms with Gasteiger partial charge in [0, 0.05) is 18.6 Å². The average molecular weight is 416 g/mol. The second-order valence-corrected chi connectivity index (χ2v) is 10.0. The van der Waals surface area contributed by atoms with Crippen LogP contribution in [0.25, 0.3) is 0 Å². The van der Waals surface area contributed by atoms with Crippen molar-refractivity contribution >= 4 is 21.9 Å². The van der Waals surface area contributed by atoms with Crippen LogP contribution in [0.2, 0.25) is 0 Å². The molecule has 1 aliphatic rings. The SMILES string of the molecule is Cc1noc(C)c1S(=O)(=O)N1CCCC(C(=O)OC(C)C(=O)NC(C)(C)C)C1. The van der Waals surface area contributed by atoms with Crippen molar-refractivity contribution in [1.82, 2.24) is 14.8 Å². The largest absolute Gasteiger partial charge is 0.452 e. The van der Waals surface area contributed by atoms with E-state index < -0.39 is 39.5 Å². The molecule has 1 amide bonds. The van der Waals surface area contributed by atoms with Crippen molar-refractivity contribution in [2.24, 2.45) is 5.92 Å². The zero-order chi connectivity index (χ0) is 21.3. The van der Waals surface area contributed by atoms with Crippen molar-refractivity contribution in [2.45, 2.75) is 70.9 Å². The highest BCUT2D eigenvalue weighted by molar-refractivity contribution is 7.89. The third-order valence-corrected chi connectivity index (χ3v) is 6.55. The lowest BCUT2D eigenvalue weighted by Crippen LogP contribution is -2.48. The van der Waals surface area contributed by atoms with Crippen molar-refractivity contribution in [1.29, 1.82) is 0 Å². The van der Waals surface area contributed by atoms with Gasteiger partial charge in [0.05, 0.1) is 5.92 Å². The predicted molar refractivity (Wildman–Crippen MR) is 101 cm³/mol. The molecule has 1 aliphatic heterocycles. The molecule has 0 aliphatic carbocycles. The first kappa shape index (κ1) is 22.4. The number of ether oxygens (including phenoxy) is 1. The summed E-state index contributed by atoms with van der Waals surface area (Å²) in [6, 6.07) is 0. The topological polar surface area (TPSA) is 119 Å². The van der Waals surface area contributed by atoms with Crippen molar-refractivity contribution in [3.63, 3.8) is 0 Å². The number of nitrogens with zero attached hydrogens (tertiary/aromatic N) is 2. The first-order valence-electron chi connectivity index (χ1n) is 9.28. The lowest BCUT2D eigenvalue weighted by molar-refractivity contribution is -0.160. The van der Waals surface area contributed by atoms with Crippen molar-refractivity contribution < 1.29 is 27.3 Å². The third kappa shape index (κ3) is 5.11. The fourth-order valence-electron chi connectivity index (χ4n) is 3.12. The van der Waals surface area contributed by atoms with E-state index in [1.165, 1.54) is 18.2 Å². The Balaban J connectivity index is 2.06. The normalized spacial score (nSPS) is 19.9. The van der Waals surface area contributed by atoms with E-state index in [1.807, 2.05) is 20.8 Å². The summed E-state index contributed by atoms with van der Waals surface area (Å²) in [4.78, 5) is 24.7. The van der Waals surface area contributed by atoms with Crippen LogP contribution in [0, 0.1) is 19.8 Å². The van der Waals surface area contributed by atoms with Crippen LogP contribution >= 0.6 is 0 Å². The second kappa shape index (κ2) is 8.20. The van der Waals surface area contributed by atoms with E-state index >= 15 is 0 Å². The van der Waals surface area contributed by atoms with Crippen LogP contribution in [0.3, 0.4) is 0 Å². The molecule has 0 bridgehead atoms. The van der Waals surface area contributed by atoms with Gasteiger partial charge in [-0.15, -0.1) is 0 Å². The Morgan fingerprint density at radius 2 is 1.96 bits per heavy atom. The molecule has 28 heavy (non-hydrogen) atoms. The smallest absolute Gasteiger partial charge is 0.311 e. The summed E-state index contributed by atoms with van der Waals surface area (Å²) >= 11 is 0. The molecule has 1 fully saturated rings. The number of amides is 1. The van der Waals surface area contributed by atoms with Gasteiger partial charge >= 0.3 is 5.97 Å². The second-order valence-electron chi connectivity index (χ2n) is 8.17. The molecule has 2 atom stereocenters. The Bertz CT molecular complexity index is 820. The highest BCUT2D eigenvalue weighted by Gasteiger charge is 2.37. The van der Waals surface area contributed by atoms with Crippen LogP contribution in [0.5, 0.6) is 0 Å². The van der Waals surface area contributed by atoms with Gasteiger partial charge in [-0.1, -0.05) is 5.16 Å². The maximum absolute atomic E-state index is 13.0. The van der Waals surface area contributed by atoms with Crippen LogP contribution in [-0.2, 0) is 24.3 Å². The van der Waals surface area contributed by atoms with Gasteiger partial charge in [-0.25, -0.2) is 8.42 Å². The maximum Gasteiger partial charge on any atom is 0.311 e. The van der Waals surface area contributed by atoms with Gasteiger partial charge in [0.1, 0.15) is 10.6 Å². The summed E-state index contributed by atoms with van der Waals surface area (Å²) in [5.74, 6) is -1.38. The Morgan fingerprint density at radius 3 is 2.50 bits per heavy atom. The van der Waals surface area contributed by atoms with Crippen molar-refractivity contribution in [2.75, 3.05) is 13.1 Å². The lowest BCUT2D eigenvalue weighted by atomic mass is 10.00. The molecule has 0 aromatic carbocycles. The van der Waals surface area contributed by atoms with Crippen LogP contribution in [0.4, 0.5) is 0 Å². The molecule has 0 radical (unpaired) electrons. The van der Waals surface area contributed by atoms with E-state index in [0.29, 0.717) is 19.4 Å². The molecule has 1 N–H and O–H groups in total. The Kier molecular flexibility index (Phi) is 6.55. The van der Waals surface area contributed by atoms with Crippen LogP contribution in [-0.4, -0.2) is 54.5 Å². The first-order valence-corrected chi connectivity index (χ1v) is 10.7. The van der Waals surface area contributed by atoms with E-state index in [1.54, 1.807) is 6.92 Å². The summed E-state index contributed by atoms with van der Waals surface area (Å²) in [7, 11) is -3.83. The highest BCUT2D eigenvalue weighted by Crippen LogP contribution is 2.28. The molecule has 2 rings (SSSR count). The first-order chi connectivity index (χ1) is 12.8. The van der Waals surface area contributed by atoms with E-state index in [0.717, 1.165) is 0 Å². The summed E-state index contributed by atoms with van der Waals surface area (Å²) in [6.07, 6.45) is 0.0617. The number of carbonyl (C=O) groups excluding carboxylic acids is 2. The summed E-state index contributed by atoms with van der Waals surface area (Å²) in [5.41, 5.74) is -0.156. The molecule has 0 saturated carbocycles. The fraction of sp³-hybridized carbons (Fsp3) is 0.722. The number of piperidine rings is 1. The average Bonchev–Trinajstić information content (AvgIpc) is 2.92. The van der Waals surface area contributed by atoms with Gasteiger partial charge in [0.2, 0.25) is 10.0 Å². The maximum atomic E-state index is 13.0. The summed E-state index contributed by atoms with van der Waals surface area (Å²) in [6.45, 7) is 10.4. The fourth-order valence-corrected chi connectivity index (χ4v) is 4.94. The number of carbonyl (C=O) groups is 2. The van der Waals surface area contributed by atoms with Crippen LogP contribution in [0.1, 0.15) is 52.0 Å². The van der Waals surface area contributed by atoms with Gasteiger partial charge in [0.15, 0.2) is 11.9 Å². The van der Waals surface area contributed by atoms with Gasteiger partial charge in [0.25, 0.3) is 5.91 Å². The van der Waals surface area contributed by atoms with Crippen LogP contribution in [0.15, 0.2) is 9.42 Å². The minimum absolute atomic E-state index is 0.00115. The molecule has 10 heteroatoms. The predicted octanol–water partition coefficient (Wildman–Crippen LogP) is 1.54. The number of aryl methyl sites for hydroxylation is 2. The Hall–Kier alpha value is -1.94. The summed E-state index contributed by atoms with van der Waals surface area (Å²) < 4.78 is 37.4. The zero-order valence-electron chi connectivity index (χ0n) is 17.2. The summed E-state index contributed by atoms with van der Waals surface area (Å²) in [5, 5.41) is 6.45. The van der Waals surface area contributed by atoms with Gasteiger partial charge in [-0.2, -0.15) is 4.31 Å². The van der Waals surface area contributed by atoms with Gasteiger partial charge in [-0.3, -0.25) is 9.59 Å². The van der Waals surface area contributed by atoms with E-state index in [9.17, 15) is 18.0 Å². The molecule has 158 valence electrons. The Labute approximate surface area is 165 Å². The van der Waals surface area contributed by atoms with Gasteiger partial charge in [-0.05, 0) is 54.4 Å². The van der Waals surface area contributed by atoms with E-state index in [-0.39, 0.29) is 22.9 Å². The number of aromatic nitrogens is 1. The lowest BCUT2D eigenvalue weighted by Gasteiger charge is -2.31. The minimum Gasteiger partial charge on any atom is -0.452 e. The molecular weight excluding hydrogens is 386 g/mol. The van der Waals surface area contributed by atoms with Crippen molar-refractivity contribution in [3.05, 3.63) is 11.5 Å².